The summed E-state index contributed by atoms with van der Waals surface area (Å²) in [6.45, 7) is 0. The van der Waals surface area contributed by atoms with Crippen molar-refractivity contribution in [3.05, 3.63) is 60.0 Å². The molecule has 3 aromatic rings. The fourth-order valence-electron chi connectivity index (χ4n) is 3.62. The second kappa shape index (κ2) is 6.07. The Balaban J connectivity index is 1.50. The van der Waals surface area contributed by atoms with Crippen molar-refractivity contribution < 1.29 is 9.15 Å². The van der Waals surface area contributed by atoms with Crippen LogP contribution in [0, 0.1) is 0 Å². The molecule has 1 aliphatic carbocycles. The van der Waals surface area contributed by atoms with Crippen LogP contribution in [0.3, 0.4) is 0 Å². The van der Waals surface area contributed by atoms with Gasteiger partial charge in [0, 0.05) is 12.0 Å². The van der Waals surface area contributed by atoms with Gasteiger partial charge in [-0.3, -0.25) is 0 Å². The summed E-state index contributed by atoms with van der Waals surface area (Å²) in [4.78, 5) is 4.69. The first-order chi connectivity index (χ1) is 11.3. The van der Waals surface area contributed by atoms with Gasteiger partial charge in [-0.15, -0.1) is 0 Å². The molecule has 1 aromatic heterocycles. The number of benzene rings is 2. The molecular formula is C20H21NO2. The van der Waals surface area contributed by atoms with Crippen LogP contribution in [-0.2, 0) is 0 Å². The van der Waals surface area contributed by atoms with Gasteiger partial charge in [-0.05, 0) is 49.3 Å². The molecule has 0 radical (unpaired) electrons. The third-order valence-corrected chi connectivity index (χ3v) is 4.96. The molecule has 2 aromatic carbocycles. The van der Waals surface area contributed by atoms with E-state index in [4.69, 9.17) is 9.15 Å². The number of fused-ring (bicyclic) bond motifs is 1. The van der Waals surface area contributed by atoms with Crippen LogP contribution in [0.2, 0.25) is 0 Å². The Bertz CT molecular complexity index is 786. The predicted molar refractivity (Wildman–Crippen MR) is 91.0 cm³/mol. The van der Waals surface area contributed by atoms with Gasteiger partial charge in [-0.1, -0.05) is 30.3 Å². The van der Waals surface area contributed by atoms with E-state index in [1.807, 2.05) is 18.2 Å². The highest BCUT2D eigenvalue weighted by molar-refractivity contribution is 5.74. The Kier molecular flexibility index (Phi) is 3.78. The van der Waals surface area contributed by atoms with Gasteiger partial charge in [0.05, 0.1) is 7.11 Å². The third-order valence-electron chi connectivity index (χ3n) is 4.96. The van der Waals surface area contributed by atoms with Crippen molar-refractivity contribution in [1.82, 2.24) is 4.98 Å². The number of aromatic nitrogens is 1. The van der Waals surface area contributed by atoms with E-state index in [0.717, 1.165) is 35.6 Å². The number of methoxy groups -OCH3 is 1. The van der Waals surface area contributed by atoms with Gasteiger partial charge in [0.1, 0.15) is 11.3 Å². The van der Waals surface area contributed by atoms with Crippen molar-refractivity contribution in [2.45, 2.75) is 37.5 Å². The maximum Gasteiger partial charge on any atom is 0.198 e. The third kappa shape index (κ3) is 2.83. The summed E-state index contributed by atoms with van der Waals surface area (Å²) >= 11 is 0. The molecule has 1 saturated carbocycles. The summed E-state index contributed by atoms with van der Waals surface area (Å²) in [6, 6.07) is 16.7. The first-order valence-corrected chi connectivity index (χ1v) is 8.33. The lowest BCUT2D eigenvalue weighted by atomic mass is 9.79. The van der Waals surface area contributed by atoms with E-state index in [1.54, 1.807) is 7.11 Å². The van der Waals surface area contributed by atoms with Crippen LogP contribution in [-0.4, -0.2) is 12.1 Å². The van der Waals surface area contributed by atoms with Gasteiger partial charge in [0.15, 0.2) is 11.5 Å². The van der Waals surface area contributed by atoms with Crippen molar-refractivity contribution >= 4 is 11.1 Å². The van der Waals surface area contributed by atoms with Crippen LogP contribution in [0.5, 0.6) is 5.75 Å². The van der Waals surface area contributed by atoms with E-state index in [9.17, 15) is 0 Å². The second-order valence-electron chi connectivity index (χ2n) is 6.34. The standard InChI is InChI=1S/C20H21NO2/c1-22-17-11-12-18-19(13-17)23-20(21-18)16-9-7-15(8-10-16)14-5-3-2-4-6-14/h2-6,11-13,15-16H,7-10H2,1H3. The summed E-state index contributed by atoms with van der Waals surface area (Å²) in [5.74, 6) is 2.82. The molecule has 23 heavy (non-hydrogen) atoms. The largest absolute Gasteiger partial charge is 0.497 e. The molecule has 1 fully saturated rings. The monoisotopic (exact) mass is 307 g/mol. The Morgan fingerprint density at radius 1 is 0.957 bits per heavy atom. The summed E-state index contributed by atoms with van der Waals surface area (Å²) in [6.07, 6.45) is 4.69. The Hall–Kier alpha value is -2.29. The fourth-order valence-corrected chi connectivity index (χ4v) is 3.62. The van der Waals surface area contributed by atoms with E-state index < -0.39 is 0 Å². The zero-order chi connectivity index (χ0) is 15.6. The van der Waals surface area contributed by atoms with E-state index in [1.165, 1.54) is 18.4 Å². The average Bonchev–Trinajstić information content (AvgIpc) is 3.05. The van der Waals surface area contributed by atoms with Gasteiger partial charge in [-0.25, -0.2) is 4.98 Å². The molecule has 0 spiro atoms. The lowest BCUT2D eigenvalue weighted by molar-refractivity contribution is 0.345. The number of hydrogen-bond donors (Lipinski definition) is 0. The SMILES string of the molecule is COc1ccc2nc(C3CCC(c4ccccc4)CC3)oc2c1. The van der Waals surface area contributed by atoms with Gasteiger partial charge < -0.3 is 9.15 Å². The van der Waals surface area contributed by atoms with Gasteiger partial charge >= 0.3 is 0 Å². The molecule has 4 rings (SSSR count). The van der Waals surface area contributed by atoms with Gasteiger partial charge in [0.25, 0.3) is 0 Å². The van der Waals surface area contributed by atoms with Crippen LogP contribution in [0.15, 0.2) is 52.9 Å². The summed E-state index contributed by atoms with van der Waals surface area (Å²) in [5, 5.41) is 0. The maximum absolute atomic E-state index is 6.00. The van der Waals surface area contributed by atoms with Crippen LogP contribution in [0.1, 0.15) is 49.0 Å². The molecule has 1 heterocycles. The van der Waals surface area contributed by atoms with Crippen molar-refractivity contribution in [2.75, 3.05) is 7.11 Å². The molecule has 3 nitrogen and oxygen atoms in total. The van der Waals surface area contributed by atoms with E-state index in [-0.39, 0.29) is 0 Å². The topological polar surface area (TPSA) is 35.3 Å². The maximum atomic E-state index is 6.00. The summed E-state index contributed by atoms with van der Waals surface area (Å²) in [5.41, 5.74) is 3.21. The molecule has 0 bridgehead atoms. The molecule has 0 aliphatic heterocycles. The van der Waals surface area contributed by atoms with Crippen molar-refractivity contribution in [3.8, 4) is 5.75 Å². The number of ether oxygens (including phenoxy) is 1. The molecular weight excluding hydrogens is 286 g/mol. The highest BCUT2D eigenvalue weighted by Gasteiger charge is 2.26. The summed E-state index contributed by atoms with van der Waals surface area (Å²) < 4.78 is 11.3. The fraction of sp³-hybridized carbons (Fsp3) is 0.350. The van der Waals surface area contributed by atoms with Crippen molar-refractivity contribution in [1.29, 1.82) is 0 Å². The Morgan fingerprint density at radius 3 is 2.43 bits per heavy atom. The average molecular weight is 307 g/mol. The molecule has 0 unspecified atom stereocenters. The molecule has 0 saturated heterocycles. The second-order valence-corrected chi connectivity index (χ2v) is 6.34. The highest BCUT2D eigenvalue weighted by Crippen LogP contribution is 2.40. The smallest absolute Gasteiger partial charge is 0.198 e. The molecule has 0 atom stereocenters. The highest BCUT2D eigenvalue weighted by atomic mass is 16.5. The van der Waals surface area contributed by atoms with Gasteiger partial charge in [-0.2, -0.15) is 0 Å². The van der Waals surface area contributed by atoms with Crippen LogP contribution in [0.25, 0.3) is 11.1 Å². The minimum Gasteiger partial charge on any atom is -0.497 e. The zero-order valence-electron chi connectivity index (χ0n) is 13.4. The summed E-state index contributed by atoms with van der Waals surface area (Å²) in [7, 11) is 1.67. The number of rotatable bonds is 3. The Morgan fingerprint density at radius 2 is 1.70 bits per heavy atom. The lowest BCUT2D eigenvalue weighted by Gasteiger charge is -2.27. The molecule has 1 aliphatic rings. The molecule has 0 N–H and O–H groups in total. The minimum atomic E-state index is 0.438. The van der Waals surface area contributed by atoms with Crippen molar-refractivity contribution in [3.63, 3.8) is 0 Å². The first kappa shape index (κ1) is 14.3. The number of nitrogens with zero attached hydrogens (tertiary/aromatic N) is 1. The van der Waals surface area contributed by atoms with Crippen LogP contribution in [0.4, 0.5) is 0 Å². The Labute approximate surface area is 136 Å². The predicted octanol–water partition coefficient (Wildman–Crippen LogP) is 5.28. The van der Waals surface area contributed by atoms with E-state index in [2.05, 4.69) is 35.3 Å². The number of oxazole rings is 1. The van der Waals surface area contributed by atoms with Crippen LogP contribution < -0.4 is 4.74 Å². The molecule has 118 valence electrons. The normalized spacial score (nSPS) is 21.4. The zero-order valence-corrected chi connectivity index (χ0v) is 13.4. The minimum absolute atomic E-state index is 0.438. The molecule has 0 amide bonds. The lowest BCUT2D eigenvalue weighted by Crippen LogP contribution is -2.12. The van der Waals surface area contributed by atoms with Gasteiger partial charge in [0.2, 0.25) is 0 Å². The number of hydrogen-bond acceptors (Lipinski definition) is 3. The quantitative estimate of drug-likeness (QED) is 0.660. The van der Waals surface area contributed by atoms with Crippen molar-refractivity contribution in [2.24, 2.45) is 0 Å². The van der Waals surface area contributed by atoms with E-state index >= 15 is 0 Å². The first-order valence-electron chi connectivity index (χ1n) is 8.33. The molecule has 3 heteroatoms. The van der Waals surface area contributed by atoms with E-state index in [0.29, 0.717) is 11.8 Å². The van der Waals surface area contributed by atoms with Crippen LogP contribution >= 0.6 is 0 Å².